The zero-order chi connectivity index (χ0) is 16.9. The predicted octanol–water partition coefficient (Wildman–Crippen LogP) is 3.65. The summed E-state index contributed by atoms with van der Waals surface area (Å²) in [6, 6.07) is 17.5. The van der Waals surface area contributed by atoms with Gasteiger partial charge in [-0.2, -0.15) is 0 Å². The van der Waals surface area contributed by atoms with Gasteiger partial charge in [0.25, 0.3) is 0 Å². The van der Waals surface area contributed by atoms with Gasteiger partial charge in [0.05, 0.1) is 12.3 Å². The van der Waals surface area contributed by atoms with E-state index in [-0.39, 0.29) is 12.1 Å². The van der Waals surface area contributed by atoms with Crippen LogP contribution in [0.2, 0.25) is 0 Å². The SMILES string of the molecule is Cc1ccc(C2=NOC(CN(C)C(=O)Nc3ccccc3)C2)cc1. The average molecular weight is 323 g/mol. The van der Waals surface area contributed by atoms with E-state index in [9.17, 15) is 4.79 Å². The Kier molecular flexibility index (Phi) is 4.79. The van der Waals surface area contributed by atoms with Gasteiger partial charge >= 0.3 is 6.03 Å². The van der Waals surface area contributed by atoms with Crippen molar-refractivity contribution in [3.05, 3.63) is 65.7 Å². The highest BCUT2D eigenvalue weighted by Crippen LogP contribution is 2.18. The van der Waals surface area contributed by atoms with E-state index in [4.69, 9.17) is 4.84 Å². The largest absolute Gasteiger partial charge is 0.390 e. The molecule has 0 saturated carbocycles. The van der Waals surface area contributed by atoms with Gasteiger partial charge in [0.1, 0.15) is 0 Å². The number of likely N-dealkylation sites (N-methyl/N-ethyl adjacent to an activating group) is 1. The number of aryl methyl sites for hydroxylation is 1. The van der Waals surface area contributed by atoms with E-state index in [1.807, 2.05) is 42.5 Å². The van der Waals surface area contributed by atoms with Crippen molar-refractivity contribution >= 4 is 17.4 Å². The molecule has 1 atom stereocenters. The van der Waals surface area contributed by atoms with Crippen LogP contribution in [0, 0.1) is 6.92 Å². The summed E-state index contributed by atoms with van der Waals surface area (Å²) >= 11 is 0. The lowest BCUT2D eigenvalue weighted by molar-refractivity contribution is 0.0672. The van der Waals surface area contributed by atoms with Gasteiger partial charge in [-0.25, -0.2) is 4.79 Å². The summed E-state index contributed by atoms with van der Waals surface area (Å²) < 4.78 is 0. The summed E-state index contributed by atoms with van der Waals surface area (Å²) in [7, 11) is 1.76. The minimum atomic E-state index is -0.159. The van der Waals surface area contributed by atoms with Crippen molar-refractivity contribution in [2.24, 2.45) is 5.16 Å². The highest BCUT2D eigenvalue weighted by molar-refractivity contribution is 6.01. The van der Waals surface area contributed by atoms with Gasteiger partial charge in [0, 0.05) is 19.2 Å². The molecule has 1 aliphatic heterocycles. The Balaban J connectivity index is 1.52. The summed E-state index contributed by atoms with van der Waals surface area (Å²) in [5, 5.41) is 7.03. The number of urea groups is 1. The van der Waals surface area contributed by atoms with Crippen LogP contribution in [-0.2, 0) is 4.84 Å². The molecule has 0 aromatic heterocycles. The van der Waals surface area contributed by atoms with Gasteiger partial charge in [0.15, 0.2) is 6.10 Å². The van der Waals surface area contributed by atoms with E-state index in [1.54, 1.807) is 11.9 Å². The molecule has 2 amide bonds. The third-order valence-electron chi connectivity index (χ3n) is 3.97. The predicted molar refractivity (Wildman–Crippen MR) is 95.3 cm³/mol. The fraction of sp³-hybridized carbons (Fsp3) is 0.263. The minimum absolute atomic E-state index is 0.118. The average Bonchev–Trinajstić information content (AvgIpc) is 3.05. The molecule has 1 N–H and O–H groups in total. The minimum Gasteiger partial charge on any atom is -0.390 e. The topological polar surface area (TPSA) is 53.9 Å². The Bertz CT molecular complexity index is 726. The van der Waals surface area contributed by atoms with Crippen LogP contribution >= 0.6 is 0 Å². The number of nitrogens with zero attached hydrogens (tertiary/aromatic N) is 2. The monoisotopic (exact) mass is 323 g/mol. The number of amides is 2. The van der Waals surface area contributed by atoms with E-state index >= 15 is 0 Å². The van der Waals surface area contributed by atoms with Gasteiger partial charge in [-0.1, -0.05) is 53.2 Å². The number of carbonyl (C=O) groups is 1. The Morgan fingerprint density at radius 1 is 1.21 bits per heavy atom. The molecule has 1 unspecified atom stereocenters. The molecule has 3 rings (SSSR count). The second-order valence-corrected chi connectivity index (χ2v) is 6.01. The number of carbonyl (C=O) groups excluding carboxylic acids is 1. The fourth-order valence-corrected chi connectivity index (χ4v) is 2.57. The number of rotatable bonds is 4. The first-order chi connectivity index (χ1) is 11.6. The lowest BCUT2D eigenvalue weighted by Gasteiger charge is -2.20. The normalized spacial score (nSPS) is 16.2. The summed E-state index contributed by atoms with van der Waals surface area (Å²) in [6.07, 6.45) is 0.583. The van der Waals surface area contributed by atoms with Crippen molar-refractivity contribution < 1.29 is 9.63 Å². The zero-order valence-electron chi connectivity index (χ0n) is 13.9. The number of anilines is 1. The van der Waals surface area contributed by atoms with Gasteiger partial charge in [-0.15, -0.1) is 0 Å². The van der Waals surface area contributed by atoms with Crippen molar-refractivity contribution in [1.82, 2.24) is 4.90 Å². The van der Waals surface area contributed by atoms with Crippen molar-refractivity contribution in [2.45, 2.75) is 19.4 Å². The van der Waals surface area contributed by atoms with E-state index in [1.165, 1.54) is 5.56 Å². The number of hydrogen-bond donors (Lipinski definition) is 1. The number of hydrogen-bond acceptors (Lipinski definition) is 3. The van der Waals surface area contributed by atoms with E-state index < -0.39 is 0 Å². The number of benzene rings is 2. The van der Waals surface area contributed by atoms with Gasteiger partial charge in [0.2, 0.25) is 0 Å². The van der Waals surface area contributed by atoms with Crippen LogP contribution in [-0.4, -0.2) is 36.3 Å². The Hall–Kier alpha value is -2.82. The zero-order valence-corrected chi connectivity index (χ0v) is 13.9. The maximum absolute atomic E-state index is 12.2. The molecule has 2 aromatic carbocycles. The van der Waals surface area contributed by atoms with Crippen molar-refractivity contribution in [3.8, 4) is 0 Å². The maximum atomic E-state index is 12.2. The lowest BCUT2D eigenvalue weighted by Crippen LogP contribution is -2.37. The lowest BCUT2D eigenvalue weighted by atomic mass is 10.0. The van der Waals surface area contributed by atoms with Crippen LogP contribution in [0.25, 0.3) is 0 Å². The standard InChI is InChI=1S/C19H21N3O2/c1-14-8-10-15(11-9-14)18-12-17(24-21-18)13-22(2)19(23)20-16-6-4-3-5-7-16/h3-11,17H,12-13H2,1-2H3,(H,20,23). The molecular weight excluding hydrogens is 302 g/mol. The molecule has 1 aliphatic rings. The Morgan fingerprint density at radius 2 is 1.92 bits per heavy atom. The fourth-order valence-electron chi connectivity index (χ4n) is 2.57. The molecule has 0 fully saturated rings. The molecule has 0 bridgehead atoms. The second-order valence-electron chi connectivity index (χ2n) is 6.01. The van der Waals surface area contributed by atoms with E-state index in [0.717, 1.165) is 17.0 Å². The molecule has 5 heteroatoms. The quantitative estimate of drug-likeness (QED) is 0.933. The van der Waals surface area contributed by atoms with Crippen LogP contribution in [0.15, 0.2) is 59.8 Å². The molecule has 24 heavy (non-hydrogen) atoms. The molecule has 0 radical (unpaired) electrons. The Labute approximate surface area is 141 Å². The Morgan fingerprint density at radius 3 is 2.62 bits per heavy atom. The summed E-state index contributed by atoms with van der Waals surface area (Å²) in [5.74, 6) is 0. The molecule has 0 saturated heterocycles. The van der Waals surface area contributed by atoms with E-state index in [0.29, 0.717) is 13.0 Å². The first-order valence-electron chi connectivity index (χ1n) is 7.99. The smallest absolute Gasteiger partial charge is 0.321 e. The van der Waals surface area contributed by atoms with Crippen LogP contribution in [0.4, 0.5) is 10.5 Å². The molecular formula is C19H21N3O2. The third kappa shape index (κ3) is 3.93. The van der Waals surface area contributed by atoms with Gasteiger partial charge in [-0.3, -0.25) is 0 Å². The molecule has 2 aromatic rings. The van der Waals surface area contributed by atoms with E-state index in [2.05, 4.69) is 29.5 Å². The molecule has 5 nitrogen and oxygen atoms in total. The van der Waals surface area contributed by atoms with Crippen LogP contribution < -0.4 is 5.32 Å². The summed E-state index contributed by atoms with van der Waals surface area (Å²) in [6.45, 7) is 2.54. The van der Waals surface area contributed by atoms with Crippen molar-refractivity contribution in [3.63, 3.8) is 0 Å². The summed E-state index contributed by atoms with van der Waals surface area (Å²) in [4.78, 5) is 19.3. The van der Waals surface area contributed by atoms with Gasteiger partial charge in [-0.05, 0) is 24.6 Å². The molecule has 1 heterocycles. The van der Waals surface area contributed by atoms with Crippen molar-refractivity contribution in [2.75, 3.05) is 18.9 Å². The number of para-hydroxylation sites is 1. The highest BCUT2D eigenvalue weighted by Gasteiger charge is 2.25. The first-order valence-corrected chi connectivity index (χ1v) is 7.99. The number of oxime groups is 1. The van der Waals surface area contributed by atoms with Crippen LogP contribution in [0.3, 0.4) is 0 Å². The number of nitrogens with one attached hydrogen (secondary N) is 1. The third-order valence-corrected chi connectivity index (χ3v) is 3.97. The van der Waals surface area contributed by atoms with Crippen LogP contribution in [0.5, 0.6) is 0 Å². The molecule has 124 valence electrons. The van der Waals surface area contributed by atoms with Crippen molar-refractivity contribution in [1.29, 1.82) is 0 Å². The van der Waals surface area contributed by atoms with Gasteiger partial charge < -0.3 is 15.1 Å². The molecule has 0 spiro atoms. The van der Waals surface area contributed by atoms with Crippen LogP contribution in [0.1, 0.15) is 17.5 Å². The highest BCUT2D eigenvalue weighted by atomic mass is 16.6. The second kappa shape index (κ2) is 7.17. The maximum Gasteiger partial charge on any atom is 0.321 e. The first kappa shape index (κ1) is 16.1. The molecule has 0 aliphatic carbocycles. The summed E-state index contributed by atoms with van der Waals surface area (Å²) in [5.41, 5.74) is 3.99.